The van der Waals surface area contributed by atoms with Gasteiger partial charge in [0.2, 0.25) is 0 Å². The molecule has 2 N–H and O–H groups in total. The van der Waals surface area contributed by atoms with Crippen molar-refractivity contribution < 1.29 is 0 Å². The fourth-order valence-electron chi connectivity index (χ4n) is 1.61. The van der Waals surface area contributed by atoms with Gasteiger partial charge in [-0.1, -0.05) is 0 Å². The van der Waals surface area contributed by atoms with Crippen LogP contribution in [-0.2, 0) is 6.42 Å². The Morgan fingerprint density at radius 3 is 2.92 bits per heavy atom. The quantitative estimate of drug-likeness (QED) is 0.793. The summed E-state index contributed by atoms with van der Waals surface area (Å²) in [6, 6.07) is 0. The van der Waals surface area contributed by atoms with E-state index in [2.05, 4.69) is 9.88 Å². The topological polar surface area (TPSA) is 42.1 Å². The Balaban J connectivity index is 2.03. The third kappa shape index (κ3) is 2.00. The van der Waals surface area contributed by atoms with Crippen molar-refractivity contribution in [2.45, 2.75) is 19.3 Å². The second-order valence-electron chi connectivity index (χ2n) is 3.34. The van der Waals surface area contributed by atoms with Crippen molar-refractivity contribution in [1.29, 1.82) is 0 Å². The molecule has 0 unspecified atom stereocenters. The molecule has 2 heterocycles. The maximum absolute atomic E-state index is 5.49. The van der Waals surface area contributed by atoms with E-state index in [4.69, 9.17) is 5.73 Å². The Morgan fingerprint density at radius 2 is 2.23 bits per heavy atom. The van der Waals surface area contributed by atoms with Crippen LogP contribution in [0.15, 0.2) is 6.20 Å². The summed E-state index contributed by atoms with van der Waals surface area (Å²) in [7, 11) is 0. The molecule has 1 aromatic rings. The number of nitrogens with two attached hydrogens (primary N) is 1. The Hall–Kier alpha value is -0.610. The van der Waals surface area contributed by atoms with Crippen LogP contribution in [0.1, 0.15) is 17.7 Å². The van der Waals surface area contributed by atoms with Gasteiger partial charge in [0.1, 0.15) is 0 Å². The van der Waals surface area contributed by atoms with Gasteiger partial charge in [-0.3, -0.25) is 0 Å². The average Bonchev–Trinajstić information content (AvgIpc) is 2.70. The van der Waals surface area contributed by atoms with Crippen LogP contribution in [-0.4, -0.2) is 24.6 Å². The van der Waals surface area contributed by atoms with Gasteiger partial charge in [-0.15, -0.1) is 11.3 Å². The lowest BCUT2D eigenvalue weighted by Gasteiger charge is -2.11. The zero-order valence-electron chi connectivity index (χ0n) is 7.70. The number of hydrogen-bond donors (Lipinski definition) is 1. The van der Waals surface area contributed by atoms with E-state index in [1.165, 1.54) is 35.9 Å². The molecule has 2 rings (SSSR count). The SMILES string of the molecule is NCCc1cnc(N2CCCC2)s1. The Morgan fingerprint density at radius 1 is 1.46 bits per heavy atom. The lowest BCUT2D eigenvalue weighted by Crippen LogP contribution is -2.16. The van der Waals surface area contributed by atoms with Crippen molar-refractivity contribution >= 4 is 16.5 Å². The van der Waals surface area contributed by atoms with Crippen LogP contribution in [0.3, 0.4) is 0 Å². The van der Waals surface area contributed by atoms with Gasteiger partial charge in [0.15, 0.2) is 5.13 Å². The van der Waals surface area contributed by atoms with E-state index in [0.717, 1.165) is 13.0 Å². The molecule has 1 aliphatic heterocycles. The van der Waals surface area contributed by atoms with E-state index >= 15 is 0 Å². The van der Waals surface area contributed by atoms with Gasteiger partial charge >= 0.3 is 0 Å². The highest BCUT2D eigenvalue weighted by molar-refractivity contribution is 7.15. The van der Waals surface area contributed by atoms with Crippen LogP contribution in [0.4, 0.5) is 5.13 Å². The minimum Gasteiger partial charge on any atom is -0.348 e. The largest absolute Gasteiger partial charge is 0.348 e. The van der Waals surface area contributed by atoms with Crippen molar-refractivity contribution in [2.75, 3.05) is 24.5 Å². The van der Waals surface area contributed by atoms with E-state index in [1.54, 1.807) is 11.3 Å². The summed E-state index contributed by atoms with van der Waals surface area (Å²) < 4.78 is 0. The summed E-state index contributed by atoms with van der Waals surface area (Å²) in [5, 5.41) is 1.18. The molecule has 1 aliphatic rings. The smallest absolute Gasteiger partial charge is 0.185 e. The van der Waals surface area contributed by atoms with Crippen LogP contribution >= 0.6 is 11.3 Å². The molecule has 0 aliphatic carbocycles. The highest BCUT2D eigenvalue weighted by Crippen LogP contribution is 2.25. The van der Waals surface area contributed by atoms with Crippen molar-refractivity contribution in [3.63, 3.8) is 0 Å². The normalized spacial score (nSPS) is 16.8. The first-order valence-electron chi connectivity index (χ1n) is 4.80. The predicted octanol–water partition coefficient (Wildman–Crippen LogP) is 1.24. The summed E-state index contributed by atoms with van der Waals surface area (Å²) in [6.07, 6.45) is 5.55. The molecular formula is C9H15N3S. The number of thiazole rings is 1. The fraction of sp³-hybridized carbons (Fsp3) is 0.667. The van der Waals surface area contributed by atoms with Gasteiger partial charge in [-0.25, -0.2) is 4.98 Å². The molecule has 0 amide bonds. The molecule has 0 radical (unpaired) electrons. The molecule has 1 saturated heterocycles. The molecule has 0 aromatic carbocycles. The first-order valence-corrected chi connectivity index (χ1v) is 5.61. The van der Waals surface area contributed by atoms with Gasteiger partial charge < -0.3 is 10.6 Å². The molecule has 0 saturated carbocycles. The van der Waals surface area contributed by atoms with Gasteiger partial charge in [-0.05, 0) is 25.8 Å². The standard InChI is InChI=1S/C9H15N3S/c10-4-3-8-7-11-9(13-8)12-5-1-2-6-12/h7H,1-6,10H2. The van der Waals surface area contributed by atoms with Crippen LogP contribution < -0.4 is 10.6 Å². The van der Waals surface area contributed by atoms with Crippen molar-refractivity contribution in [3.05, 3.63) is 11.1 Å². The summed E-state index contributed by atoms with van der Waals surface area (Å²) in [5.41, 5.74) is 5.49. The van der Waals surface area contributed by atoms with E-state index in [-0.39, 0.29) is 0 Å². The van der Waals surface area contributed by atoms with Gasteiger partial charge in [0, 0.05) is 24.2 Å². The zero-order chi connectivity index (χ0) is 9.10. The Bertz CT molecular complexity index is 266. The van der Waals surface area contributed by atoms with Crippen LogP contribution in [0, 0.1) is 0 Å². The molecule has 1 aromatic heterocycles. The first kappa shape index (κ1) is 8.97. The summed E-state index contributed by atoms with van der Waals surface area (Å²) >= 11 is 1.79. The molecule has 72 valence electrons. The van der Waals surface area contributed by atoms with Crippen LogP contribution in [0.25, 0.3) is 0 Å². The van der Waals surface area contributed by atoms with E-state index in [0.29, 0.717) is 0 Å². The number of aromatic nitrogens is 1. The molecule has 4 heteroatoms. The number of hydrogen-bond acceptors (Lipinski definition) is 4. The Labute approximate surface area is 82.6 Å². The predicted molar refractivity (Wildman–Crippen MR) is 56.3 cm³/mol. The van der Waals surface area contributed by atoms with Crippen molar-refractivity contribution in [2.24, 2.45) is 5.73 Å². The molecule has 3 nitrogen and oxygen atoms in total. The number of rotatable bonds is 3. The fourth-order valence-corrected chi connectivity index (χ4v) is 2.59. The molecular weight excluding hydrogens is 182 g/mol. The summed E-state index contributed by atoms with van der Waals surface area (Å²) in [5.74, 6) is 0. The summed E-state index contributed by atoms with van der Waals surface area (Å²) in [4.78, 5) is 8.08. The van der Waals surface area contributed by atoms with Gasteiger partial charge in [0.25, 0.3) is 0 Å². The third-order valence-electron chi connectivity index (χ3n) is 2.31. The molecule has 13 heavy (non-hydrogen) atoms. The minimum atomic E-state index is 0.724. The molecule has 1 fully saturated rings. The number of anilines is 1. The first-order chi connectivity index (χ1) is 6.40. The maximum atomic E-state index is 5.49. The van der Waals surface area contributed by atoms with Crippen molar-refractivity contribution in [1.82, 2.24) is 4.98 Å². The highest BCUT2D eigenvalue weighted by atomic mass is 32.1. The van der Waals surface area contributed by atoms with E-state index < -0.39 is 0 Å². The molecule has 0 bridgehead atoms. The highest BCUT2D eigenvalue weighted by Gasteiger charge is 2.15. The molecule has 0 atom stereocenters. The molecule has 0 spiro atoms. The summed E-state index contributed by atoms with van der Waals surface area (Å²) in [6.45, 7) is 3.08. The van der Waals surface area contributed by atoms with E-state index in [1.807, 2.05) is 6.20 Å². The lowest BCUT2D eigenvalue weighted by atomic mass is 10.4. The third-order valence-corrected chi connectivity index (χ3v) is 3.43. The monoisotopic (exact) mass is 197 g/mol. The van der Waals surface area contributed by atoms with Crippen LogP contribution in [0.5, 0.6) is 0 Å². The van der Waals surface area contributed by atoms with E-state index in [9.17, 15) is 0 Å². The average molecular weight is 197 g/mol. The van der Waals surface area contributed by atoms with Gasteiger partial charge in [0.05, 0.1) is 0 Å². The zero-order valence-corrected chi connectivity index (χ0v) is 8.52. The minimum absolute atomic E-state index is 0.724. The lowest BCUT2D eigenvalue weighted by molar-refractivity contribution is 0.949. The maximum Gasteiger partial charge on any atom is 0.185 e. The second kappa shape index (κ2) is 4.07. The van der Waals surface area contributed by atoms with Crippen LogP contribution in [0.2, 0.25) is 0 Å². The van der Waals surface area contributed by atoms with Gasteiger partial charge in [-0.2, -0.15) is 0 Å². The van der Waals surface area contributed by atoms with Crippen molar-refractivity contribution in [3.8, 4) is 0 Å². The number of nitrogens with zero attached hydrogens (tertiary/aromatic N) is 2. The Kier molecular flexibility index (Phi) is 2.80. The second-order valence-corrected chi connectivity index (χ2v) is 4.44.